The highest BCUT2D eigenvalue weighted by molar-refractivity contribution is 14.1. The Morgan fingerprint density at radius 2 is 0.927 bits per heavy atom. The van der Waals surface area contributed by atoms with Gasteiger partial charge in [-0.3, -0.25) is 0 Å². The summed E-state index contributed by atoms with van der Waals surface area (Å²) in [5, 5.41) is 8.75. The summed E-state index contributed by atoms with van der Waals surface area (Å²) >= 11 is 9.58. The highest BCUT2D eigenvalue weighted by Gasteiger charge is 1.94. The number of anilines is 2. The third kappa shape index (κ3) is 27.0. The number of halogens is 6. The minimum Gasteiger partial charge on any atom is -0.508 e. The van der Waals surface area contributed by atoms with Crippen molar-refractivity contribution in [3.8, 4) is 41.4 Å². The number of ether oxygens (including phenoxy) is 3. The van der Waals surface area contributed by atoms with E-state index in [0.29, 0.717) is 24.0 Å². The zero-order valence-electron chi connectivity index (χ0n) is 29.4. The molecule has 0 radical (unpaired) electrons. The molecule has 0 fully saturated rings. The molecular weight excluding hydrogens is 955 g/mol. The number of phenolic OH excluding ortho intramolecular Hbond substituents is 1. The van der Waals surface area contributed by atoms with Crippen molar-refractivity contribution in [2.75, 3.05) is 63.8 Å². The number of aromatic hydroxyl groups is 1. The van der Waals surface area contributed by atoms with E-state index in [1.54, 1.807) is 36.4 Å². The SMILES string of the molecule is C.C#Cc1ccc(N)cc1.FCCOCCCl.FCCOc1ccc(I)cc1.Nc1ccc(C#Cc2ccc(OCCF)cc2)cc1.Oc1ccc(I)cc1. The molecule has 5 N–H and O–H groups in total. The van der Waals surface area contributed by atoms with E-state index in [0.717, 1.165) is 41.0 Å². The summed E-state index contributed by atoms with van der Waals surface area (Å²) in [4.78, 5) is 0. The average Bonchev–Trinajstić information content (AvgIpc) is 3.20. The smallest absolute Gasteiger partial charge is 0.123 e. The lowest BCUT2D eigenvalue weighted by Crippen LogP contribution is -1.98. The Hall–Kier alpha value is -4.28. The first-order valence-electron chi connectivity index (χ1n) is 16.2. The van der Waals surface area contributed by atoms with E-state index < -0.39 is 20.0 Å². The van der Waals surface area contributed by atoms with E-state index in [1.807, 2.05) is 84.9 Å². The normalized spacial score (nSPS) is 9.11. The van der Waals surface area contributed by atoms with E-state index in [4.69, 9.17) is 44.1 Å². The second kappa shape index (κ2) is 33.1. The molecular formula is C43H46ClF3I2N2O4. The first kappa shape index (κ1) is 50.7. The Labute approximate surface area is 356 Å². The fraction of sp³-hybridized carbons (Fsp3) is 0.209. The van der Waals surface area contributed by atoms with E-state index in [-0.39, 0.29) is 27.2 Å². The lowest BCUT2D eigenvalue weighted by Gasteiger charge is -2.02. The van der Waals surface area contributed by atoms with Gasteiger partial charge in [-0.25, -0.2) is 13.2 Å². The number of benzene rings is 5. The summed E-state index contributed by atoms with van der Waals surface area (Å²) in [6.07, 6.45) is 5.11. The van der Waals surface area contributed by atoms with Crippen LogP contribution < -0.4 is 20.9 Å². The summed E-state index contributed by atoms with van der Waals surface area (Å²) in [5.74, 6) is 10.7. The Morgan fingerprint density at radius 3 is 1.29 bits per heavy atom. The van der Waals surface area contributed by atoms with Gasteiger partial charge in [0.2, 0.25) is 0 Å². The van der Waals surface area contributed by atoms with Crippen LogP contribution in [0.1, 0.15) is 24.1 Å². The van der Waals surface area contributed by atoms with Gasteiger partial charge in [0.15, 0.2) is 0 Å². The Kier molecular flexibility index (Phi) is 30.5. The van der Waals surface area contributed by atoms with Crippen molar-refractivity contribution < 1.29 is 32.5 Å². The molecule has 5 aromatic rings. The zero-order valence-corrected chi connectivity index (χ0v) is 34.4. The number of alkyl halides is 4. The van der Waals surface area contributed by atoms with Crippen molar-refractivity contribution in [1.29, 1.82) is 0 Å². The van der Waals surface area contributed by atoms with Gasteiger partial charge >= 0.3 is 0 Å². The molecule has 0 aliphatic rings. The van der Waals surface area contributed by atoms with E-state index >= 15 is 0 Å². The van der Waals surface area contributed by atoms with Crippen LogP contribution in [0.15, 0.2) is 121 Å². The molecule has 55 heavy (non-hydrogen) atoms. The van der Waals surface area contributed by atoms with Crippen LogP contribution in [0, 0.1) is 31.3 Å². The molecule has 5 aromatic carbocycles. The van der Waals surface area contributed by atoms with Crippen LogP contribution in [0.5, 0.6) is 17.2 Å². The average molecular weight is 1000 g/mol. The zero-order chi connectivity index (χ0) is 39.8. The largest absolute Gasteiger partial charge is 0.508 e. The molecule has 12 heteroatoms. The Morgan fingerprint density at radius 1 is 0.564 bits per heavy atom. The van der Waals surface area contributed by atoms with Gasteiger partial charge in [0, 0.05) is 41.1 Å². The number of hydrogen-bond donors (Lipinski definition) is 3. The van der Waals surface area contributed by atoms with Crippen LogP contribution in [-0.2, 0) is 4.74 Å². The third-order valence-corrected chi connectivity index (χ3v) is 7.56. The maximum absolute atomic E-state index is 11.9. The molecule has 0 aromatic heterocycles. The first-order valence-corrected chi connectivity index (χ1v) is 18.9. The molecule has 294 valence electrons. The summed E-state index contributed by atoms with van der Waals surface area (Å²) in [7, 11) is 0. The minimum absolute atomic E-state index is 0. The molecule has 0 amide bonds. The maximum Gasteiger partial charge on any atom is 0.123 e. The molecule has 5 rings (SSSR count). The van der Waals surface area contributed by atoms with Crippen molar-refractivity contribution in [2.45, 2.75) is 7.43 Å². The second-order valence-corrected chi connectivity index (χ2v) is 13.0. The highest BCUT2D eigenvalue weighted by Crippen LogP contribution is 2.14. The van der Waals surface area contributed by atoms with Gasteiger partial charge in [0.05, 0.1) is 13.2 Å². The van der Waals surface area contributed by atoms with Gasteiger partial charge < -0.3 is 30.8 Å². The molecule has 0 bridgehead atoms. The highest BCUT2D eigenvalue weighted by atomic mass is 127. The first-order chi connectivity index (χ1) is 26.1. The van der Waals surface area contributed by atoms with E-state index in [1.165, 1.54) is 0 Å². The molecule has 6 nitrogen and oxygen atoms in total. The molecule has 0 heterocycles. The summed E-state index contributed by atoms with van der Waals surface area (Å²) in [6, 6.07) is 36.4. The summed E-state index contributed by atoms with van der Waals surface area (Å²) in [6.45, 7) is -0.503. The number of rotatable bonds is 10. The quantitative estimate of drug-likeness (QED) is 0.0424. The molecule has 0 atom stereocenters. The van der Waals surface area contributed by atoms with Crippen LogP contribution in [-0.4, -0.2) is 57.4 Å². The van der Waals surface area contributed by atoms with E-state index in [2.05, 4.69) is 67.7 Å². The molecule has 0 saturated carbocycles. The van der Waals surface area contributed by atoms with Crippen molar-refractivity contribution >= 4 is 68.2 Å². The van der Waals surface area contributed by atoms with Crippen molar-refractivity contribution in [3.63, 3.8) is 0 Å². The summed E-state index contributed by atoms with van der Waals surface area (Å²) < 4.78 is 51.8. The van der Waals surface area contributed by atoms with Crippen LogP contribution in [0.2, 0.25) is 0 Å². The number of hydrogen-bond acceptors (Lipinski definition) is 6. The van der Waals surface area contributed by atoms with Crippen LogP contribution in [0.3, 0.4) is 0 Å². The number of nitrogens with two attached hydrogens (primary N) is 2. The van der Waals surface area contributed by atoms with Crippen LogP contribution in [0.4, 0.5) is 24.5 Å². The van der Waals surface area contributed by atoms with Gasteiger partial charge in [-0.05, 0) is 167 Å². The molecule has 0 aliphatic carbocycles. The maximum atomic E-state index is 11.9. The standard InChI is InChI=1S/C16H14FNO.C8H8FIO.C8H7N.C6H5IO.C4H8ClFO.CH4/c17-11-12-19-16-9-5-14(6-10-16)2-1-13-3-7-15(18)8-4-13;9-5-6-11-8-3-1-7(10)2-4-8;1-2-7-3-5-8(9)6-4-7;7-5-1-3-6(8)4-2-5;5-1-3-7-4-2-6;/h3-10H,11-12,18H2;1-4H,5-6H2;1,3-6H,9H2;1-4,8H;1-4H2;1H4. The molecule has 0 aliphatic heterocycles. The molecule has 0 unspecified atom stereocenters. The van der Waals surface area contributed by atoms with Gasteiger partial charge in [-0.1, -0.05) is 25.2 Å². The predicted octanol–water partition coefficient (Wildman–Crippen LogP) is 10.8. The Balaban J connectivity index is 0.000000700. The van der Waals surface area contributed by atoms with Gasteiger partial charge in [0.25, 0.3) is 0 Å². The fourth-order valence-electron chi connectivity index (χ4n) is 3.42. The number of terminal acetylenes is 1. The number of nitrogen functional groups attached to an aromatic ring is 2. The van der Waals surface area contributed by atoms with Crippen LogP contribution >= 0.6 is 56.8 Å². The third-order valence-electron chi connectivity index (χ3n) is 5.97. The minimum atomic E-state index is -0.487. The van der Waals surface area contributed by atoms with Crippen molar-refractivity contribution in [3.05, 3.63) is 145 Å². The lowest BCUT2D eigenvalue weighted by molar-refractivity contribution is 0.132. The monoisotopic (exact) mass is 1000 g/mol. The summed E-state index contributed by atoms with van der Waals surface area (Å²) in [5.41, 5.74) is 15.1. The molecule has 0 spiro atoms. The van der Waals surface area contributed by atoms with Crippen molar-refractivity contribution in [1.82, 2.24) is 0 Å². The van der Waals surface area contributed by atoms with Crippen molar-refractivity contribution in [2.24, 2.45) is 0 Å². The van der Waals surface area contributed by atoms with Gasteiger partial charge in [-0.2, -0.15) is 0 Å². The van der Waals surface area contributed by atoms with Gasteiger partial charge in [0.1, 0.15) is 50.5 Å². The lowest BCUT2D eigenvalue weighted by atomic mass is 10.1. The van der Waals surface area contributed by atoms with Gasteiger partial charge in [-0.15, -0.1) is 18.0 Å². The molecule has 0 saturated heterocycles. The fourth-order valence-corrected chi connectivity index (χ4v) is 4.25. The predicted molar refractivity (Wildman–Crippen MR) is 239 cm³/mol. The topological polar surface area (TPSA) is 100.0 Å². The van der Waals surface area contributed by atoms with E-state index in [9.17, 15) is 13.2 Å². The second-order valence-electron chi connectivity index (χ2n) is 10.2. The van der Waals surface area contributed by atoms with Crippen LogP contribution in [0.25, 0.3) is 0 Å². The Bertz CT molecular complexity index is 1760. The number of phenols is 1.